The van der Waals surface area contributed by atoms with Crippen molar-refractivity contribution >= 4 is 5.97 Å². The number of carbonyl (C=O) groups excluding carboxylic acids is 1. The van der Waals surface area contributed by atoms with Crippen LogP contribution in [0.25, 0.3) is 0 Å². The normalized spacial score (nSPS) is 35.3. The molecule has 84 valence electrons. The lowest BCUT2D eigenvalue weighted by Gasteiger charge is -2.41. The predicted molar refractivity (Wildman–Crippen MR) is 59.4 cm³/mol. The lowest BCUT2D eigenvalue weighted by molar-refractivity contribution is -0.144. The molecule has 0 spiro atoms. The van der Waals surface area contributed by atoms with Crippen molar-refractivity contribution in [2.45, 2.75) is 45.4 Å². The van der Waals surface area contributed by atoms with E-state index in [1.165, 1.54) is 38.4 Å². The Kier molecular flexibility index (Phi) is 2.85. The fourth-order valence-corrected chi connectivity index (χ4v) is 3.00. The highest BCUT2D eigenvalue weighted by atomic mass is 16.5. The zero-order chi connectivity index (χ0) is 10.9. The van der Waals surface area contributed by atoms with Crippen molar-refractivity contribution in [3.05, 3.63) is 11.6 Å². The molecule has 2 atom stereocenters. The van der Waals surface area contributed by atoms with Gasteiger partial charge in [0.05, 0.1) is 13.0 Å². The number of hydrogen-bond donors (Lipinski definition) is 0. The summed E-state index contributed by atoms with van der Waals surface area (Å²) in [5.74, 6) is -0.0358. The van der Waals surface area contributed by atoms with E-state index in [0.717, 1.165) is 12.8 Å². The fourth-order valence-electron chi connectivity index (χ4n) is 3.00. The van der Waals surface area contributed by atoms with E-state index in [1.54, 1.807) is 0 Å². The van der Waals surface area contributed by atoms with Crippen LogP contribution in [0.5, 0.6) is 0 Å². The molecule has 0 bridgehead atoms. The highest BCUT2D eigenvalue weighted by Gasteiger charge is 2.37. The summed E-state index contributed by atoms with van der Waals surface area (Å²) in [5, 5.41) is 0. The Morgan fingerprint density at radius 3 is 3.00 bits per heavy atom. The predicted octanol–water partition coefficient (Wildman–Crippen LogP) is 3.08. The van der Waals surface area contributed by atoms with Crippen molar-refractivity contribution in [1.82, 2.24) is 0 Å². The lowest BCUT2D eigenvalue weighted by atomic mass is 9.64. The van der Waals surface area contributed by atoms with E-state index in [2.05, 4.69) is 13.0 Å². The minimum absolute atomic E-state index is 0.0242. The minimum atomic E-state index is -0.0601. The molecule has 2 nitrogen and oxygen atoms in total. The van der Waals surface area contributed by atoms with Gasteiger partial charge in [-0.25, -0.2) is 0 Å². The Morgan fingerprint density at radius 1 is 1.47 bits per heavy atom. The topological polar surface area (TPSA) is 26.3 Å². The van der Waals surface area contributed by atoms with Crippen LogP contribution in [0, 0.1) is 11.3 Å². The molecule has 0 amide bonds. The maximum absolute atomic E-state index is 11.5. The molecule has 1 fully saturated rings. The van der Waals surface area contributed by atoms with Crippen LogP contribution in [0.3, 0.4) is 0 Å². The van der Waals surface area contributed by atoms with Crippen LogP contribution in [-0.2, 0) is 9.53 Å². The van der Waals surface area contributed by atoms with Crippen molar-refractivity contribution in [1.29, 1.82) is 0 Å². The molecular formula is C13H20O2. The fraction of sp³-hybridized carbons (Fsp3) is 0.769. The summed E-state index contributed by atoms with van der Waals surface area (Å²) < 4.78 is 4.82. The van der Waals surface area contributed by atoms with Gasteiger partial charge in [-0.3, -0.25) is 4.79 Å². The van der Waals surface area contributed by atoms with E-state index in [0.29, 0.717) is 5.41 Å². The maximum Gasteiger partial charge on any atom is 0.312 e. The quantitative estimate of drug-likeness (QED) is 0.489. The van der Waals surface area contributed by atoms with Crippen LogP contribution in [0.4, 0.5) is 0 Å². The van der Waals surface area contributed by atoms with Crippen LogP contribution in [0.15, 0.2) is 11.6 Å². The standard InChI is InChI=1S/C13H20O2/c1-13-7-4-3-5-11(13)9-10(6-8-13)12(14)15-2/h9-10H,3-8H2,1-2H3/t10?,13-/m0/s1. The van der Waals surface area contributed by atoms with Gasteiger partial charge < -0.3 is 4.74 Å². The third kappa shape index (κ3) is 1.95. The second-order valence-corrected chi connectivity index (χ2v) is 5.13. The second kappa shape index (κ2) is 3.99. The van der Waals surface area contributed by atoms with Gasteiger partial charge in [-0.2, -0.15) is 0 Å². The summed E-state index contributed by atoms with van der Waals surface area (Å²) in [6.45, 7) is 2.35. The van der Waals surface area contributed by atoms with Crippen LogP contribution in [-0.4, -0.2) is 13.1 Å². The van der Waals surface area contributed by atoms with Gasteiger partial charge in [0.1, 0.15) is 0 Å². The number of hydrogen-bond acceptors (Lipinski definition) is 2. The first kappa shape index (κ1) is 10.7. The smallest absolute Gasteiger partial charge is 0.312 e. The molecular weight excluding hydrogens is 188 g/mol. The number of fused-ring (bicyclic) bond motifs is 1. The first-order valence-corrected chi connectivity index (χ1v) is 5.95. The lowest BCUT2D eigenvalue weighted by Crippen LogP contribution is -2.30. The van der Waals surface area contributed by atoms with E-state index in [4.69, 9.17) is 4.74 Å². The Hall–Kier alpha value is -0.790. The number of rotatable bonds is 1. The van der Waals surface area contributed by atoms with E-state index < -0.39 is 0 Å². The van der Waals surface area contributed by atoms with Crippen LogP contribution < -0.4 is 0 Å². The summed E-state index contributed by atoms with van der Waals surface area (Å²) in [5.41, 5.74) is 1.90. The first-order chi connectivity index (χ1) is 7.15. The molecule has 2 aliphatic rings. The van der Waals surface area contributed by atoms with E-state index in [1.807, 2.05) is 0 Å². The largest absolute Gasteiger partial charge is 0.469 e. The van der Waals surface area contributed by atoms with Crippen molar-refractivity contribution in [3.63, 3.8) is 0 Å². The van der Waals surface area contributed by atoms with Gasteiger partial charge in [0.25, 0.3) is 0 Å². The van der Waals surface area contributed by atoms with Gasteiger partial charge in [0.15, 0.2) is 0 Å². The van der Waals surface area contributed by atoms with Crippen molar-refractivity contribution in [3.8, 4) is 0 Å². The highest BCUT2D eigenvalue weighted by Crippen LogP contribution is 2.48. The van der Waals surface area contributed by atoms with Crippen molar-refractivity contribution < 1.29 is 9.53 Å². The molecule has 1 unspecified atom stereocenters. The molecule has 2 aliphatic carbocycles. The van der Waals surface area contributed by atoms with E-state index in [-0.39, 0.29) is 11.9 Å². The average molecular weight is 208 g/mol. The summed E-state index contributed by atoms with van der Waals surface area (Å²) >= 11 is 0. The average Bonchev–Trinajstić information content (AvgIpc) is 2.26. The number of methoxy groups -OCH3 is 1. The molecule has 1 saturated carbocycles. The summed E-state index contributed by atoms with van der Waals surface area (Å²) in [6.07, 6.45) is 9.42. The second-order valence-electron chi connectivity index (χ2n) is 5.13. The molecule has 0 aromatic heterocycles. The number of ether oxygens (including phenoxy) is 1. The third-order valence-corrected chi connectivity index (χ3v) is 4.11. The molecule has 0 saturated heterocycles. The summed E-state index contributed by atoms with van der Waals surface area (Å²) in [4.78, 5) is 11.5. The highest BCUT2D eigenvalue weighted by molar-refractivity contribution is 5.74. The van der Waals surface area contributed by atoms with Crippen LogP contribution >= 0.6 is 0 Å². The number of esters is 1. The van der Waals surface area contributed by atoms with Gasteiger partial charge in [-0.05, 0) is 37.5 Å². The molecule has 0 radical (unpaired) electrons. The van der Waals surface area contributed by atoms with Crippen LogP contribution in [0.1, 0.15) is 45.4 Å². The molecule has 0 aromatic carbocycles. The van der Waals surface area contributed by atoms with E-state index >= 15 is 0 Å². The zero-order valence-electron chi connectivity index (χ0n) is 9.71. The molecule has 2 rings (SSSR count). The van der Waals surface area contributed by atoms with Gasteiger partial charge in [0, 0.05) is 0 Å². The van der Waals surface area contributed by atoms with Gasteiger partial charge in [-0.1, -0.05) is 25.0 Å². The summed E-state index contributed by atoms with van der Waals surface area (Å²) in [6, 6.07) is 0. The van der Waals surface area contributed by atoms with Gasteiger partial charge in [-0.15, -0.1) is 0 Å². The SMILES string of the molecule is COC(=O)C1C=C2CCCC[C@@]2(C)CC1. The number of allylic oxidation sites excluding steroid dienone is 1. The molecule has 0 aromatic rings. The molecule has 0 aliphatic heterocycles. The monoisotopic (exact) mass is 208 g/mol. The van der Waals surface area contributed by atoms with Gasteiger partial charge in [0.2, 0.25) is 0 Å². The van der Waals surface area contributed by atoms with E-state index in [9.17, 15) is 4.79 Å². The molecule has 15 heavy (non-hydrogen) atoms. The van der Waals surface area contributed by atoms with Gasteiger partial charge >= 0.3 is 5.97 Å². The number of carbonyl (C=O) groups is 1. The maximum atomic E-state index is 11.5. The summed E-state index contributed by atoms with van der Waals surface area (Å²) in [7, 11) is 1.48. The van der Waals surface area contributed by atoms with Crippen LogP contribution in [0.2, 0.25) is 0 Å². The van der Waals surface area contributed by atoms with Crippen molar-refractivity contribution in [2.75, 3.05) is 7.11 Å². The minimum Gasteiger partial charge on any atom is -0.469 e. The Balaban J connectivity index is 2.18. The Morgan fingerprint density at radius 2 is 2.27 bits per heavy atom. The zero-order valence-corrected chi connectivity index (χ0v) is 9.71. The Bertz CT molecular complexity index is 293. The third-order valence-electron chi connectivity index (χ3n) is 4.11. The molecule has 0 heterocycles. The molecule has 0 N–H and O–H groups in total. The Labute approximate surface area is 91.7 Å². The first-order valence-electron chi connectivity index (χ1n) is 5.95. The molecule has 2 heteroatoms. The van der Waals surface area contributed by atoms with Crippen molar-refractivity contribution in [2.24, 2.45) is 11.3 Å².